The summed E-state index contributed by atoms with van der Waals surface area (Å²) in [7, 11) is 3.74. The number of aromatic nitrogens is 7. The molecule has 4 aromatic rings. The van der Waals surface area contributed by atoms with Crippen LogP contribution in [0.5, 0.6) is 0 Å². The molecule has 1 aliphatic rings. The second-order valence-electron chi connectivity index (χ2n) is 8.10. The van der Waals surface area contributed by atoms with Gasteiger partial charge in [0.1, 0.15) is 11.6 Å². The van der Waals surface area contributed by atoms with Gasteiger partial charge in [-0.2, -0.15) is 10.2 Å². The summed E-state index contributed by atoms with van der Waals surface area (Å²) in [5.74, 6) is 1.62. The van der Waals surface area contributed by atoms with Crippen molar-refractivity contribution in [3.05, 3.63) is 35.0 Å². The smallest absolute Gasteiger partial charge is 0.254 e. The van der Waals surface area contributed by atoms with Crippen molar-refractivity contribution in [3.8, 4) is 0 Å². The first-order valence-electron chi connectivity index (χ1n) is 10.3. The monoisotopic (exact) mass is 419 g/mol. The van der Waals surface area contributed by atoms with Gasteiger partial charge in [0, 0.05) is 46.0 Å². The van der Waals surface area contributed by atoms with Crippen molar-refractivity contribution < 1.29 is 4.79 Å². The normalized spacial score (nSPS) is 14.7. The van der Waals surface area contributed by atoms with Gasteiger partial charge in [0.2, 0.25) is 0 Å². The van der Waals surface area contributed by atoms with Gasteiger partial charge in [-0.1, -0.05) is 0 Å². The number of hydrogen-bond donors (Lipinski definition) is 0. The molecule has 0 aliphatic carbocycles. The van der Waals surface area contributed by atoms with E-state index in [-0.39, 0.29) is 5.91 Å². The van der Waals surface area contributed by atoms with Crippen molar-refractivity contribution >= 4 is 33.8 Å². The zero-order valence-corrected chi connectivity index (χ0v) is 18.4. The average molecular weight is 419 g/mol. The molecular formula is C21H25N9O. The molecule has 1 aliphatic heterocycles. The Hall–Kier alpha value is -3.56. The lowest BCUT2D eigenvalue weighted by Gasteiger charge is -2.35. The Balaban J connectivity index is 1.42. The fraction of sp³-hybridized carbons (Fsp3) is 0.429. The molecule has 5 rings (SSSR count). The Labute approximate surface area is 179 Å². The number of aryl methyl sites for hydroxylation is 5. The van der Waals surface area contributed by atoms with Gasteiger partial charge in [-0.25, -0.2) is 15.0 Å². The lowest BCUT2D eigenvalue weighted by Crippen LogP contribution is -2.49. The highest BCUT2D eigenvalue weighted by atomic mass is 16.2. The molecule has 1 saturated heterocycles. The van der Waals surface area contributed by atoms with Crippen molar-refractivity contribution in [1.29, 1.82) is 0 Å². The second kappa shape index (κ2) is 7.00. The number of pyridine rings is 1. The predicted molar refractivity (Wildman–Crippen MR) is 117 cm³/mol. The zero-order valence-electron chi connectivity index (χ0n) is 18.4. The topological polar surface area (TPSA) is 97.9 Å². The summed E-state index contributed by atoms with van der Waals surface area (Å²) in [6.07, 6.45) is 1.81. The number of carbonyl (C=O) groups excluding carboxylic acids is 1. The highest BCUT2D eigenvalue weighted by Gasteiger charge is 2.27. The maximum absolute atomic E-state index is 13.4. The number of anilines is 1. The average Bonchev–Trinajstić information content (AvgIpc) is 3.25. The number of piperazine rings is 1. The minimum absolute atomic E-state index is 0.0247. The van der Waals surface area contributed by atoms with Crippen LogP contribution in [0.2, 0.25) is 0 Å². The summed E-state index contributed by atoms with van der Waals surface area (Å²) in [6, 6.07) is 1.87. The van der Waals surface area contributed by atoms with Gasteiger partial charge in [-0.3, -0.25) is 14.2 Å². The highest BCUT2D eigenvalue weighted by molar-refractivity contribution is 6.06. The van der Waals surface area contributed by atoms with Gasteiger partial charge in [0.25, 0.3) is 5.91 Å². The van der Waals surface area contributed by atoms with E-state index < -0.39 is 0 Å². The van der Waals surface area contributed by atoms with Gasteiger partial charge in [0.05, 0.1) is 28.2 Å². The second-order valence-corrected chi connectivity index (χ2v) is 8.10. The molecule has 5 heterocycles. The SMILES string of the molecule is Cc1cc(C(=O)N2CCN(c3nc(C)nc4c3cnn4C)CC2)c2c(C)nn(C)c2n1. The van der Waals surface area contributed by atoms with E-state index in [0.29, 0.717) is 37.6 Å². The molecule has 160 valence electrons. The summed E-state index contributed by atoms with van der Waals surface area (Å²) in [4.78, 5) is 31.3. The van der Waals surface area contributed by atoms with Crippen molar-refractivity contribution in [3.63, 3.8) is 0 Å². The molecule has 0 atom stereocenters. The first-order valence-corrected chi connectivity index (χ1v) is 10.3. The van der Waals surface area contributed by atoms with Gasteiger partial charge in [0.15, 0.2) is 11.3 Å². The third-order valence-electron chi connectivity index (χ3n) is 5.88. The van der Waals surface area contributed by atoms with Crippen LogP contribution >= 0.6 is 0 Å². The Bertz CT molecular complexity index is 1330. The zero-order chi connectivity index (χ0) is 21.9. The van der Waals surface area contributed by atoms with Crippen LogP contribution < -0.4 is 4.90 Å². The van der Waals surface area contributed by atoms with Gasteiger partial charge in [-0.05, 0) is 26.8 Å². The summed E-state index contributed by atoms with van der Waals surface area (Å²) >= 11 is 0. The van der Waals surface area contributed by atoms with Crippen molar-refractivity contribution in [2.45, 2.75) is 20.8 Å². The summed E-state index contributed by atoms with van der Waals surface area (Å²) in [5, 5.41) is 10.6. The Kier molecular flexibility index (Phi) is 4.38. The van der Waals surface area contributed by atoms with Crippen LogP contribution in [0.3, 0.4) is 0 Å². The van der Waals surface area contributed by atoms with Crippen LogP contribution in [-0.4, -0.2) is 71.5 Å². The number of rotatable bonds is 2. The number of nitrogens with zero attached hydrogens (tertiary/aromatic N) is 9. The minimum atomic E-state index is 0.0247. The first kappa shape index (κ1) is 19.4. The standard InChI is InChI=1S/C21H25N9O/c1-12-10-15(17-13(2)26-28(5)20(17)23-12)21(31)30-8-6-29(7-9-30)19-16-11-22-27(4)18(16)24-14(3)25-19/h10-11H,6-9H2,1-5H3. The van der Waals surface area contributed by atoms with E-state index in [1.54, 1.807) is 9.36 Å². The van der Waals surface area contributed by atoms with Gasteiger partial charge in [-0.15, -0.1) is 0 Å². The van der Waals surface area contributed by atoms with E-state index in [1.165, 1.54) is 0 Å². The van der Waals surface area contributed by atoms with E-state index >= 15 is 0 Å². The molecule has 0 aromatic carbocycles. The molecule has 1 amide bonds. The molecule has 0 N–H and O–H groups in total. The van der Waals surface area contributed by atoms with E-state index in [9.17, 15) is 4.79 Å². The number of hydrogen-bond acceptors (Lipinski definition) is 7. The van der Waals surface area contributed by atoms with E-state index in [1.807, 2.05) is 52.0 Å². The first-order chi connectivity index (χ1) is 14.8. The fourth-order valence-corrected chi connectivity index (χ4v) is 4.38. The third kappa shape index (κ3) is 3.09. The minimum Gasteiger partial charge on any atom is -0.352 e. The van der Waals surface area contributed by atoms with E-state index in [2.05, 4.69) is 30.0 Å². The fourth-order valence-electron chi connectivity index (χ4n) is 4.38. The van der Waals surface area contributed by atoms with Crippen LogP contribution in [0, 0.1) is 20.8 Å². The van der Waals surface area contributed by atoms with Crippen molar-refractivity contribution in [2.24, 2.45) is 14.1 Å². The molecule has 4 aromatic heterocycles. The predicted octanol–water partition coefficient (Wildman–Crippen LogP) is 1.53. The lowest BCUT2D eigenvalue weighted by atomic mass is 10.1. The number of fused-ring (bicyclic) bond motifs is 2. The summed E-state index contributed by atoms with van der Waals surface area (Å²) in [6.45, 7) is 8.36. The van der Waals surface area contributed by atoms with Crippen LogP contribution in [-0.2, 0) is 14.1 Å². The molecular weight excluding hydrogens is 394 g/mol. The quantitative estimate of drug-likeness (QED) is 0.486. The molecule has 0 unspecified atom stereocenters. The number of carbonyl (C=O) groups is 1. The third-order valence-corrected chi connectivity index (χ3v) is 5.88. The molecule has 10 heteroatoms. The molecule has 10 nitrogen and oxygen atoms in total. The molecule has 0 saturated carbocycles. The summed E-state index contributed by atoms with van der Waals surface area (Å²) < 4.78 is 3.50. The molecule has 0 spiro atoms. The Morgan fingerprint density at radius 2 is 1.68 bits per heavy atom. The van der Waals surface area contributed by atoms with Crippen LogP contribution in [0.1, 0.15) is 27.6 Å². The number of amides is 1. The maximum atomic E-state index is 13.4. The van der Waals surface area contributed by atoms with Crippen molar-refractivity contribution in [2.75, 3.05) is 31.1 Å². The Morgan fingerprint density at radius 3 is 2.42 bits per heavy atom. The van der Waals surface area contributed by atoms with Gasteiger partial charge >= 0.3 is 0 Å². The Morgan fingerprint density at radius 1 is 0.935 bits per heavy atom. The van der Waals surface area contributed by atoms with Gasteiger partial charge < -0.3 is 9.80 Å². The largest absolute Gasteiger partial charge is 0.352 e. The van der Waals surface area contributed by atoms with Crippen LogP contribution in [0.15, 0.2) is 12.3 Å². The van der Waals surface area contributed by atoms with E-state index in [4.69, 9.17) is 0 Å². The highest BCUT2D eigenvalue weighted by Crippen LogP contribution is 2.26. The lowest BCUT2D eigenvalue weighted by molar-refractivity contribution is 0.0748. The van der Waals surface area contributed by atoms with E-state index in [0.717, 1.165) is 39.3 Å². The molecule has 31 heavy (non-hydrogen) atoms. The van der Waals surface area contributed by atoms with Crippen LogP contribution in [0.4, 0.5) is 5.82 Å². The molecule has 1 fully saturated rings. The van der Waals surface area contributed by atoms with Crippen molar-refractivity contribution in [1.82, 2.24) is 39.4 Å². The van der Waals surface area contributed by atoms with Crippen LogP contribution in [0.25, 0.3) is 22.1 Å². The maximum Gasteiger partial charge on any atom is 0.254 e. The molecule has 0 bridgehead atoms. The molecule has 0 radical (unpaired) electrons. The summed E-state index contributed by atoms with van der Waals surface area (Å²) in [5.41, 5.74) is 3.88.